The van der Waals surface area contributed by atoms with Crippen molar-refractivity contribution < 1.29 is 9.53 Å². The van der Waals surface area contributed by atoms with Gasteiger partial charge in [-0.15, -0.1) is 10.2 Å². The zero-order valence-corrected chi connectivity index (χ0v) is 20.3. The van der Waals surface area contributed by atoms with Crippen LogP contribution in [0.3, 0.4) is 0 Å². The van der Waals surface area contributed by atoms with Gasteiger partial charge in [-0.1, -0.05) is 6.42 Å². The highest BCUT2D eigenvalue weighted by atomic mass is 32.1. The zero-order valence-electron chi connectivity index (χ0n) is 19.5. The van der Waals surface area contributed by atoms with Gasteiger partial charge in [-0.05, 0) is 80.5 Å². The van der Waals surface area contributed by atoms with Crippen molar-refractivity contribution in [2.24, 2.45) is 0 Å². The number of carbonyl (C=O) groups is 1. The van der Waals surface area contributed by atoms with Crippen LogP contribution in [0.2, 0.25) is 0 Å². The minimum absolute atomic E-state index is 0.0390. The molecule has 0 fully saturated rings. The van der Waals surface area contributed by atoms with Gasteiger partial charge in [0, 0.05) is 29.8 Å². The molecule has 2 N–H and O–H groups in total. The Bertz CT molecular complexity index is 1370. The van der Waals surface area contributed by atoms with Crippen molar-refractivity contribution in [3.63, 3.8) is 0 Å². The van der Waals surface area contributed by atoms with Gasteiger partial charge in [0.2, 0.25) is 5.91 Å². The first-order valence-corrected chi connectivity index (χ1v) is 12.2. The number of rotatable bonds is 7. The number of amides is 1. The van der Waals surface area contributed by atoms with Crippen LogP contribution < -0.4 is 10.1 Å². The largest absolute Gasteiger partial charge is 0.494 e. The maximum atomic E-state index is 12.8. The minimum atomic E-state index is -0.196. The number of hydrogen-bond acceptors (Lipinski definition) is 6. The Morgan fingerprint density at radius 3 is 2.54 bits per heavy atom. The van der Waals surface area contributed by atoms with Crippen LogP contribution in [0, 0.1) is 4.77 Å². The van der Waals surface area contributed by atoms with Crippen molar-refractivity contribution in [3.05, 3.63) is 59.1 Å². The lowest BCUT2D eigenvalue weighted by molar-refractivity contribution is -0.116. The molecule has 1 aliphatic rings. The number of aromatic amines is 1. The summed E-state index contributed by atoms with van der Waals surface area (Å²) in [6.45, 7) is 3.52. The van der Waals surface area contributed by atoms with Gasteiger partial charge < -0.3 is 14.6 Å². The van der Waals surface area contributed by atoms with Crippen LogP contribution in [0.25, 0.3) is 22.8 Å². The van der Waals surface area contributed by atoms with Crippen LogP contribution in [0.5, 0.6) is 5.75 Å². The molecular weight excluding hydrogens is 462 g/mol. The van der Waals surface area contributed by atoms with Crippen LogP contribution in [0.15, 0.2) is 48.5 Å². The van der Waals surface area contributed by atoms with Crippen LogP contribution in [-0.4, -0.2) is 42.0 Å². The molecule has 0 aliphatic carbocycles. The molecule has 1 amide bonds. The highest BCUT2D eigenvalue weighted by Gasteiger charge is 2.17. The highest BCUT2D eigenvalue weighted by molar-refractivity contribution is 7.71. The van der Waals surface area contributed by atoms with Gasteiger partial charge in [0.25, 0.3) is 0 Å². The normalized spacial score (nSPS) is 13.2. The lowest BCUT2D eigenvalue weighted by atomic mass is 10.2. The maximum absolute atomic E-state index is 12.8. The Labute approximate surface area is 208 Å². The third-order valence-electron chi connectivity index (χ3n) is 6.02. The number of H-pyrrole nitrogens is 1. The zero-order chi connectivity index (χ0) is 24.2. The molecule has 0 bridgehead atoms. The molecule has 9 nitrogen and oxygen atoms in total. The second kappa shape index (κ2) is 10.2. The van der Waals surface area contributed by atoms with E-state index in [0.29, 0.717) is 22.9 Å². The van der Waals surface area contributed by atoms with E-state index in [1.54, 1.807) is 4.57 Å². The molecule has 2 aromatic carbocycles. The quantitative estimate of drug-likeness (QED) is 0.367. The monoisotopic (exact) mass is 489 g/mol. The van der Waals surface area contributed by atoms with Crippen molar-refractivity contribution >= 4 is 23.8 Å². The molecule has 3 heterocycles. The first-order chi connectivity index (χ1) is 17.1. The number of aryl methyl sites for hydroxylation is 1. The Hall–Kier alpha value is -3.79. The van der Waals surface area contributed by atoms with E-state index in [2.05, 4.69) is 30.3 Å². The van der Waals surface area contributed by atoms with Gasteiger partial charge in [-0.3, -0.25) is 14.5 Å². The average molecular weight is 490 g/mol. The van der Waals surface area contributed by atoms with E-state index in [1.807, 2.05) is 55.5 Å². The van der Waals surface area contributed by atoms with E-state index < -0.39 is 0 Å². The fraction of sp³-hybridized carbons (Fsp3) is 0.320. The third-order valence-corrected chi connectivity index (χ3v) is 6.33. The van der Waals surface area contributed by atoms with Crippen molar-refractivity contribution in [2.45, 2.75) is 45.7 Å². The smallest absolute Gasteiger partial charge is 0.244 e. The summed E-state index contributed by atoms with van der Waals surface area (Å²) in [6.07, 6.45) is 4.48. The Balaban J connectivity index is 1.28. The molecule has 0 saturated carbocycles. The molecule has 5 rings (SSSR count). The summed E-state index contributed by atoms with van der Waals surface area (Å²) < 4.78 is 9.77. The van der Waals surface area contributed by atoms with Gasteiger partial charge in [-0.25, -0.2) is 0 Å². The number of ether oxygens (including phenoxy) is 1. The van der Waals surface area contributed by atoms with E-state index >= 15 is 0 Å². The van der Waals surface area contributed by atoms with Crippen molar-refractivity contribution in [1.82, 2.24) is 29.5 Å². The SMILES string of the molecule is CCOc1ccc(-c2n[nH]c(=S)n2CC(=O)Nc2ccc(-c3nnc4n3CCCCC4)cc2)cc1. The molecule has 0 saturated heterocycles. The van der Waals surface area contributed by atoms with Gasteiger partial charge in [-0.2, -0.15) is 5.10 Å². The summed E-state index contributed by atoms with van der Waals surface area (Å²) in [5, 5.41) is 18.8. The topological polar surface area (TPSA) is 103 Å². The van der Waals surface area contributed by atoms with Crippen molar-refractivity contribution in [2.75, 3.05) is 11.9 Å². The van der Waals surface area contributed by atoms with E-state index in [-0.39, 0.29) is 12.5 Å². The molecular formula is C25H27N7O2S. The summed E-state index contributed by atoms with van der Waals surface area (Å²) in [5.74, 6) is 3.11. The first-order valence-electron chi connectivity index (χ1n) is 11.8. The maximum Gasteiger partial charge on any atom is 0.244 e. The Morgan fingerprint density at radius 1 is 1.03 bits per heavy atom. The highest BCUT2D eigenvalue weighted by Crippen LogP contribution is 2.24. The second-order valence-electron chi connectivity index (χ2n) is 8.42. The summed E-state index contributed by atoms with van der Waals surface area (Å²) >= 11 is 5.37. The molecule has 0 unspecified atom stereocenters. The Morgan fingerprint density at radius 2 is 1.77 bits per heavy atom. The number of aromatic nitrogens is 6. The molecule has 10 heteroatoms. The fourth-order valence-electron chi connectivity index (χ4n) is 4.30. The average Bonchev–Trinajstić information content (AvgIpc) is 3.34. The lowest BCUT2D eigenvalue weighted by Crippen LogP contribution is -2.19. The van der Waals surface area contributed by atoms with Gasteiger partial charge in [0.1, 0.15) is 18.1 Å². The predicted octanol–water partition coefficient (Wildman–Crippen LogP) is 4.63. The molecule has 4 aromatic rings. The first kappa shape index (κ1) is 23.0. The number of hydrogen-bond donors (Lipinski definition) is 2. The molecule has 0 atom stereocenters. The van der Waals surface area contributed by atoms with Gasteiger partial charge >= 0.3 is 0 Å². The summed E-state index contributed by atoms with van der Waals surface area (Å²) in [6, 6.07) is 15.2. The molecule has 35 heavy (non-hydrogen) atoms. The molecule has 0 radical (unpaired) electrons. The summed E-state index contributed by atoms with van der Waals surface area (Å²) in [4.78, 5) is 12.8. The second-order valence-corrected chi connectivity index (χ2v) is 8.81. The van der Waals surface area contributed by atoms with E-state index in [9.17, 15) is 4.79 Å². The predicted molar refractivity (Wildman–Crippen MR) is 136 cm³/mol. The lowest BCUT2D eigenvalue weighted by Gasteiger charge is -2.10. The summed E-state index contributed by atoms with van der Waals surface area (Å²) in [7, 11) is 0. The summed E-state index contributed by atoms with van der Waals surface area (Å²) in [5.41, 5.74) is 2.52. The Kier molecular flexibility index (Phi) is 6.71. The van der Waals surface area contributed by atoms with Gasteiger partial charge in [0.15, 0.2) is 16.4 Å². The minimum Gasteiger partial charge on any atom is -0.494 e. The van der Waals surface area contributed by atoms with Crippen LogP contribution in [-0.2, 0) is 24.3 Å². The number of benzene rings is 2. The molecule has 1 aliphatic heterocycles. The third kappa shape index (κ3) is 5.02. The van der Waals surface area contributed by atoms with E-state index in [1.165, 1.54) is 6.42 Å². The van der Waals surface area contributed by atoms with Crippen molar-refractivity contribution in [1.29, 1.82) is 0 Å². The van der Waals surface area contributed by atoms with Crippen LogP contribution in [0.4, 0.5) is 5.69 Å². The molecule has 2 aromatic heterocycles. The molecule has 0 spiro atoms. The number of carbonyl (C=O) groups excluding carboxylic acids is 1. The standard InChI is InChI=1S/C25H27N7O2S/c1-2-34-20-13-9-18(10-14-20)24-29-30-25(35)32(24)16-22(33)26-19-11-7-17(8-12-19)23-28-27-21-6-4-3-5-15-31(21)23/h7-14H,2-6,15-16H2,1H3,(H,26,33)(H,30,35). The fourth-order valence-corrected chi connectivity index (χ4v) is 4.49. The van der Waals surface area contributed by atoms with Crippen LogP contribution in [0.1, 0.15) is 32.0 Å². The van der Waals surface area contributed by atoms with Gasteiger partial charge in [0.05, 0.1) is 6.61 Å². The number of nitrogens with one attached hydrogen (secondary N) is 2. The van der Waals surface area contributed by atoms with Crippen molar-refractivity contribution in [3.8, 4) is 28.5 Å². The van der Waals surface area contributed by atoms with E-state index in [4.69, 9.17) is 17.0 Å². The van der Waals surface area contributed by atoms with E-state index in [0.717, 1.165) is 54.3 Å². The molecule has 180 valence electrons. The van der Waals surface area contributed by atoms with Crippen LogP contribution >= 0.6 is 12.2 Å². The number of anilines is 1. The number of nitrogens with zero attached hydrogens (tertiary/aromatic N) is 5. The number of fused-ring (bicyclic) bond motifs is 1.